The molecule has 1 aliphatic heterocycles. The van der Waals surface area contributed by atoms with E-state index >= 15 is 0 Å². The molecule has 0 unspecified atom stereocenters. The van der Waals surface area contributed by atoms with Gasteiger partial charge < -0.3 is 10.5 Å². The van der Waals surface area contributed by atoms with E-state index < -0.39 is 0 Å². The highest BCUT2D eigenvalue weighted by Crippen LogP contribution is 2.72. The highest BCUT2D eigenvalue weighted by molar-refractivity contribution is 5.91. The summed E-state index contributed by atoms with van der Waals surface area (Å²) in [6.45, 7) is 7.97. The fraction of sp³-hybridized carbons (Fsp3) is 0.864. The summed E-state index contributed by atoms with van der Waals surface area (Å²) in [6, 6.07) is -0.217. The largest absolute Gasteiger partial charge is 0.460 e. The molecule has 4 atom stereocenters. The molecule has 4 aliphatic rings. The van der Waals surface area contributed by atoms with Crippen LogP contribution in [0.4, 0.5) is 0 Å². The number of carbonyl (C=O) groups is 1. The van der Waals surface area contributed by atoms with Crippen molar-refractivity contribution in [3.05, 3.63) is 11.6 Å². The van der Waals surface area contributed by atoms with Crippen LogP contribution >= 0.6 is 0 Å². The van der Waals surface area contributed by atoms with Crippen molar-refractivity contribution in [1.82, 2.24) is 0 Å². The number of hydrogen-bond donors (Lipinski definition) is 1. The third-order valence-corrected chi connectivity index (χ3v) is 8.48. The van der Waals surface area contributed by atoms with Gasteiger partial charge in [-0.1, -0.05) is 33.3 Å². The number of allylic oxidation sites excluding steroid dienone is 1. The molecule has 0 aromatic carbocycles. The Morgan fingerprint density at radius 3 is 2.56 bits per heavy atom. The fourth-order valence-corrected chi connectivity index (χ4v) is 7.13. The number of nitrogens with two attached hydrogens (primary N) is 1. The minimum absolute atomic E-state index is 0.194. The smallest absolute Gasteiger partial charge is 0.335 e. The molecule has 1 heterocycles. The predicted molar refractivity (Wildman–Crippen MR) is 99.9 cm³/mol. The minimum atomic E-state index is -0.217. The van der Waals surface area contributed by atoms with Gasteiger partial charge in [-0.15, -0.1) is 0 Å². The van der Waals surface area contributed by atoms with Crippen molar-refractivity contribution in [3.8, 4) is 0 Å². The first-order valence-corrected chi connectivity index (χ1v) is 10.4. The van der Waals surface area contributed by atoms with Crippen molar-refractivity contribution in [1.29, 1.82) is 0 Å². The van der Waals surface area contributed by atoms with Gasteiger partial charge in [-0.2, -0.15) is 0 Å². The van der Waals surface area contributed by atoms with Gasteiger partial charge in [0.25, 0.3) is 0 Å². The van der Waals surface area contributed by atoms with Gasteiger partial charge in [0, 0.05) is 0 Å². The van der Waals surface area contributed by atoms with Gasteiger partial charge in [-0.05, 0) is 79.4 Å². The summed E-state index contributed by atoms with van der Waals surface area (Å²) in [4.78, 5) is 11.8. The molecule has 2 N–H and O–H groups in total. The third-order valence-electron chi connectivity index (χ3n) is 8.48. The molecule has 0 amide bonds. The van der Waals surface area contributed by atoms with E-state index in [9.17, 15) is 4.79 Å². The molecule has 3 saturated carbocycles. The first-order valence-electron chi connectivity index (χ1n) is 10.4. The molecule has 4 rings (SSSR count). The summed E-state index contributed by atoms with van der Waals surface area (Å²) in [5.74, 6) is 1.47. The van der Waals surface area contributed by atoms with Crippen LogP contribution in [0.1, 0.15) is 78.6 Å². The second kappa shape index (κ2) is 5.84. The molecule has 0 aromatic heterocycles. The van der Waals surface area contributed by atoms with Crippen molar-refractivity contribution in [3.63, 3.8) is 0 Å². The maximum absolute atomic E-state index is 11.8. The Bertz CT molecular complexity index is 589. The van der Waals surface area contributed by atoms with Gasteiger partial charge in [-0.25, -0.2) is 4.79 Å². The van der Waals surface area contributed by atoms with E-state index in [0.29, 0.717) is 28.4 Å². The van der Waals surface area contributed by atoms with Crippen LogP contribution in [0.2, 0.25) is 0 Å². The number of carbonyl (C=O) groups excluding carboxylic acids is 1. The molecular formula is C22H35NO2. The second-order valence-corrected chi connectivity index (χ2v) is 10.3. The van der Waals surface area contributed by atoms with Crippen molar-refractivity contribution in [2.45, 2.75) is 84.6 Å². The lowest BCUT2D eigenvalue weighted by Crippen LogP contribution is -2.52. The molecule has 0 radical (unpaired) electrons. The maximum Gasteiger partial charge on any atom is 0.335 e. The van der Waals surface area contributed by atoms with Crippen LogP contribution in [0.3, 0.4) is 0 Å². The molecule has 140 valence electrons. The molecule has 3 aliphatic carbocycles. The van der Waals surface area contributed by atoms with Gasteiger partial charge >= 0.3 is 5.97 Å². The lowest BCUT2D eigenvalue weighted by Gasteiger charge is -2.60. The number of cyclic esters (lactones) is 1. The van der Waals surface area contributed by atoms with Gasteiger partial charge in [0.05, 0.1) is 11.6 Å². The number of hydrogen-bond acceptors (Lipinski definition) is 3. The van der Waals surface area contributed by atoms with Gasteiger partial charge in [0.1, 0.15) is 6.61 Å². The normalized spacial score (nSPS) is 43.1. The Morgan fingerprint density at radius 2 is 1.92 bits per heavy atom. The van der Waals surface area contributed by atoms with Gasteiger partial charge in [0.15, 0.2) is 0 Å². The lowest BCUT2D eigenvalue weighted by molar-refractivity contribution is -0.135. The van der Waals surface area contributed by atoms with Crippen molar-refractivity contribution in [2.75, 3.05) is 6.61 Å². The molecule has 0 aromatic rings. The van der Waals surface area contributed by atoms with E-state index in [0.717, 1.165) is 18.3 Å². The van der Waals surface area contributed by atoms with E-state index in [4.69, 9.17) is 10.5 Å². The zero-order valence-corrected chi connectivity index (χ0v) is 16.3. The molecule has 1 saturated heterocycles. The monoisotopic (exact) mass is 345 g/mol. The first-order chi connectivity index (χ1) is 11.8. The summed E-state index contributed by atoms with van der Waals surface area (Å²) in [5.41, 5.74) is 8.31. The zero-order chi connectivity index (χ0) is 17.9. The van der Waals surface area contributed by atoms with E-state index in [1.54, 1.807) is 0 Å². The lowest BCUT2D eigenvalue weighted by atomic mass is 9.45. The van der Waals surface area contributed by atoms with Crippen molar-refractivity contribution < 1.29 is 9.53 Å². The summed E-state index contributed by atoms with van der Waals surface area (Å²) < 4.78 is 5.07. The molecule has 3 nitrogen and oxygen atoms in total. The van der Waals surface area contributed by atoms with E-state index in [1.807, 2.05) is 0 Å². The Hall–Kier alpha value is -0.830. The third kappa shape index (κ3) is 2.78. The maximum atomic E-state index is 11.8. The fourth-order valence-electron chi connectivity index (χ4n) is 7.13. The Balaban J connectivity index is 1.54. The van der Waals surface area contributed by atoms with Crippen LogP contribution in [0.5, 0.6) is 0 Å². The highest BCUT2D eigenvalue weighted by Gasteiger charge is 2.62. The molecule has 1 spiro atoms. The molecular weight excluding hydrogens is 310 g/mol. The first kappa shape index (κ1) is 17.6. The number of rotatable bonds is 3. The van der Waals surface area contributed by atoms with Crippen LogP contribution in [-0.2, 0) is 9.53 Å². The number of esters is 1. The SMILES string of the molecule is CC1(C)CCC[C@@]2(C)[C@H]1CCC1(CC1)[C@@H]2CC/C=C1\C(=O)OC[C@H]1N. The number of fused-ring (bicyclic) bond motifs is 1. The molecule has 4 fully saturated rings. The zero-order valence-electron chi connectivity index (χ0n) is 16.3. The van der Waals surface area contributed by atoms with E-state index in [1.165, 1.54) is 51.4 Å². The van der Waals surface area contributed by atoms with E-state index in [-0.39, 0.29) is 12.0 Å². The minimum Gasteiger partial charge on any atom is -0.460 e. The average Bonchev–Trinajstić information content (AvgIpc) is 3.23. The van der Waals surface area contributed by atoms with Crippen LogP contribution < -0.4 is 5.73 Å². The van der Waals surface area contributed by atoms with Crippen molar-refractivity contribution >= 4 is 5.97 Å². The molecule has 25 heavy (non-hydrogen) atoms. The summed E-state index contributed by atoms with van der Waals surface area (Å²) >= 11 is 0. The van der Waals surface area contributed by atoms with Crippen LogP contribution in [-0.4, -0.2) is 18.6 Å². The molecule has 0 bridgehead atoms. The highest BCUT2D eigenvalue weighted by atomic mass is 16.5. The quantitative estimate of drug-likeness (QED) is 0.601. The van der Waals surface area contributed by atoms with Gasteiger partial charge in [0.2, 0.25) is 0 Å². The van der Waals surface area contributed by atoms with Crippen LogP contribution in [0, 0.1) is 28.1 Å². The second-order valence-electron chi connectivity index (χ2n) is 10.3. The van der Waals surface area contributed by atoms with Crippen molar-refractivity contribution in [2.24, 2.45) is 33.8 Å². The standard InChI is InChI=1S/C22H35NO2/c1-20(2)9-5-10-21(3)17(20)8-11-22(12-13-22)18(21)7-4-6-15-16(23)14-25-19(15)24/h6,16-18H,4-5,7-14,23H2,1-3H3/b15-6-/t16-,17+,18-,21+/m1/s1. The number of ether oxygens (including phenoxy) is 1. The Kier molecular flexibility index (Phi) is 4.10. The summed E-state index contributed by atoms with van der Waals surface area (Å²) in [6.07, 6.45) is 14.2. The summed E-state index contributed by atoms with van der Waals surface area (Å²) in [7, 11) is 0. The average molecular weight is 346 g/mol. The Morgan fingerprint density at radius 1 is 1.16 bits per heavy atom. The Labute approximate surface area is 152 Å². The van der Waals surface area contributed by atoms with E-state index in [2.05, 4.69) is 26.8 Å². The molecule has 3 heteroatoms. The van der Waals surface area contributed by atoms with Gasteiger partial charge in [-0.3, -0.25) is 0 Å². The topological polar surface area (TPSA) is 52.3 Å². The predicted octanol–water partition coefficient (Wildman–Crippen LogP) is 4.60. The van der Waals surface area contributed by atoms with Crippen LogP contribution in [0.15, 0.2) is 11.6 Å². The van der Waals surface area contributed by atoms with Crippen LogP contribution in [0.25, 0.3) is 0 Å². The summed E-state index contributed by atoms with van der Waals surface area (Å²) in [5, 5.41) is 0.